The third-order valence-electron chi connectivity index (χ3n) is 4.28. The van der Waals surface area contributed by atoms with Gasteiger partial charge in [0, 0.05) is 24.5 Å². The molecule has 0 spiro atoms. The standard InChI is InChI=1S/C19H25FN4O3S2.HI/c1-2-21-19(22-13-15-4-3-5-16(20)12-15)23-14-17-6-7-18(28-17)29(25,26)24-8-10-27-11-9-24;/h3-7,12H,2,8-11,13-14H2,1H3,(H2,21,22,23);1H. The predicted molar refractivity (Wildman–Crippen MR) is 127 cm³/mol. The molecular formula is C19H26FIN4O3S2. The van der Waals surface area contributed by atoms with Gasteiger partial charge in [0.2, 0.25) is 0 Å². The van der Waals surface area contributed by atoms with E-state index in [1.807, 2.05) is 13.0 Å². The zero-order valence-electron chi connectivity index (χ0n) is 16.6. The van der Waals surface area contributed by atoms with Gasteiger partial charge in [0.1, 0.15) is 10.0 Å². The Morgan fingerprint density at radius 3 is 2.70 bits per heavy atom. The average Bonchev–Trinajstić information content (AvgIpc) is 3.21. The fourth-order valence-electron chi connectivity index (χ4n) is 2.82. The highest BCUT2D eigenvalue weighted by Crippen LogP contribution is 2.25. The van der Waals surface area contributed by atoms with E-state index in [0.717, 1.165) is 10.4 Å². The highest BCUT2D eigenvalue weighted by atomic mass is 127. The SMILES string of the molecule is CCNC(=NCc1cccc(F)c1)NCc1ccc(S(=O)(=O)N2CCOCC2)s1.I. The summed E-state index contributed by atoms with van der Waals surface area (Å²) < 4.78 is 45.8. The number of rotatable bonds is 7. The second kappa shape index (κ2) is 11.9. The van der Waals surface area contributed by atoms with Crippen LogP contribution in [0.15, 0.2) is 45.6 Å². The molecule has 30 heavy (non-hydrogen) atoms. The van der Waals surface area contributed by atoms with Crippen molar-refractivity contribution < 1.29 is 17.5 Å². The van der Waals surface area contributed by atoms with Gasteiger partial charge < -0.3 is 15.4 Å². The van der Waals surface area contributed by atoms with E-state index in [-0.39, 0.29) is 29.8 Å². The first-order valence-electron chi connectivity index (χ1n) is 9.42. The van der Waals surface area contributed by atoms with Crippen molar-refractivity contribution in [3.05, 3.63) is 52.7 Å². The van der Waals surface area contributed by atoms with Crippen LogP contribution in [-0.2, 0) is 27.8 Å². The van der Waals surface area contributed by atoms with Crippen LogP contribution in [0.4, 0.5) is 4.39 Å². The first-order valence-corrected chi connectivity index (χ1v) is 11.7. The second-order valence-electron chi connectivity index (χ2n) is 6.42. The molecule has 11 heteroatoms. The van der Waals surface area contributed by atoms with E-state index < -0.39 is 10.0 Å². The zero-order chi connectivity index (χ0) is 20.7. The molecule has 1 saturated heterocycles. The maximum atomic E-state index is 13.3. The molecule has 2 aromatic rings. The molecule has 0 unspecified atom stereocenters. The second-order valence-corrected chi connectivity index (χ2v) is 9.75. The van der Waals surface area contributed by atoms with E-state index in [9.17, 15) is 12.8 Å². The van der Waals surface area contributed by atoms with Gasteiger partial charge in [-0.3, -0.25) is 0 Å². The van der Waals surface area contributed by atoms with E-state index >= 15 is 0 Å². The zero-order valence-corrected chi connectivity index (χ0v) is 20.6. The predicted octanol–water partition coefficient (Wildman–Crippen LogP) is 2.78. The smallest absolute Gasteiger partial charge is 0.252 e. The summed E-state index contributed by atoms with van der Waals surface area (Å²) in [5, 5.41) is 6.33. The van der Waals surface area contributed by atoms with Crippen molar-refractivity contribution in [3.63, 3.8) is 0 Å². The summed E-state index contributed by atoms with van der Waals surface area (Å²) in [4.78, 5) is 5.34. The van der Waals surface area contributed by atoms with Crippen LogP contribution in [0.3, 0.4) is 0 Å². The van der Waals surface area contributed by atoms with Crippen LogP contribution in [0.5, 0.6) is 0 Å². The molecule has 1 aromatic carbocycles. The molecule has 3 rings (SSSR count). The molecule has 0 bridgehead atoms. The highest BCUT2D eigenvalue weighted by Gasteiger charge is 2.27. The third kappa shape index (κ3) is 6.87. The lowest BCUT2D eigenvalue weighted by Gasteiger charge is -2.25. The van der Waals surface area contributed by atoms with Gasteiger partial charge in [0.15, 0.2) is 5.96 Å². The minimum absolute atomic E-state index is 0. The van der Waals surface area contributed by atoms with Crippen LogP contribution in [-0.4, -0.2) is 51.5 Å². The summed E-state index contributed by atoms with van der Waals surface area (Å²) in [6, 6.07) is 9.77. The molecule has 0 radical (unpaired) electrons. The van der Waals surface area contributed by atoms with Gasteiger partial charge in [-0.05, 0) is 36.8 Å². The minimum Gasteiger partial charge on any atom is -0.379 e. The molecule has 0 atom stereocenters. The molecule has 0 saturated carbocycles. The van der Waals surface area contributed by atoms with Crippen LogP contribution >= 0.6 is 35.3 Å². The summed E-state index contributed by atoms with van der Waals surface area (Å²) in [5.41, 5.74) is 0.775. The number of morpholine rings is 1. The molecule has 2 heterocycles. The number of nitrogens with one attached hydrogen (secondary N) is 2. The lowest BCUT2D eigenvalue weighted by atomic mass is 10.2. The number of hydrogen-bond acceptors (Lipinski definition) is 5. The topological polar surface area (TPSA) is 83.0 Å². The maximum absolute atomic E-state index is 13.3. The fraction of sp³-hybridized carbons (Fsp3) is 0.421. The van der Waals surface area contributed by atoms with Gasteiger partial charge in [-0.2, -0.15) is 4.31 Å². The van der Waals surface area contributed by atoms with Crippen LogP contribution in [0, 0.1) is 5.82 Å². The van der Waals surface area contributed by atoms with Crippen molar-refractivity contribution in [1.82, 2.24) is 14.9 Å². The number of hydrogen-bond donors (Lipinski definition) is 2. The summed E-state index contributed by atoms with van der Waals surface area (Å²) in [6.45, 7) is 5.02. The van der Waals surface area contributed by atoms with Crippen molar-refractivity contribution in [1.29, 1.82) is 0 Å². The number of nitrogens with zero attached hydrogens (tertiary/aromatic N) is 2. The van der Waals surface area contributed by atoms with Crippen molar-refractivity contribution in [2.75, 3.05) is 32.8 Å². The Morgan fingerprint density at radius 2 is 2.00 bits per heavy atom. The van der Waals surface area contributed by atoms with E-state index in [2.05, 4.69) is 15.6 Å². The Bertz CT molecular complexity index is 947. The van der Waals surface area contributed by atoms with Gasteiger partial charge in [0.05, 0.1) is 26.3 Å². The Morgan fingerprint density at radius 1 is 1.23 bits per heavy atom. The minimum atomic E-state index is -3.48. The van der Waals surface area contributed by atoms with Crippen LogP contribution < -0.4 is 10.6 Å². The molecule has 0 amide bonds. The van der Waals surface area contributed by atoms with Gasteiger partial charge in [-0.1, -0.05) is 12.1 Å². The first-order chi connectivity index (χ1) is 14.0. The Labute approximate surface area is 197 Å². The van der Waals surface area contributed by atoms with Gasteiger partial charge in [0.25, 0.3) is 10.0 Å². The van der Waals surface area contributed by atoms with Gasteiger partial charge in [-0.25, -0.2) is 17.8 Å². The monoisotopic (exact) mass is 568 g/mol. The fourth-order valence-corrected chi connectivity index (χ4v) is 5.68. The maximum Gasteiger partial charge on any atom is 0.252 e. The number of guanidine groups is 1. The number of benzene rings is 1. The molecule has 7 nitrogen and oxygen atoms in total. The number of sulfonamides is 1. The molecular weight excluding hydrogens is 542 g/mol. The van der Waals surface area contributed by atoms with Crippen LogP contribution in [0.25, 0.3) is 0 Å². The normalized spacial score (nSPS) is 15.5. The number of ether oxygens (including phenoxy) is 1. The first kappa shape index (κ1) is 25.0. The molecule has 1 fully saturated rings. The number of thiophene rings is 1. The highest BCUT2D eigenvalue weighted by molar-refractivity contribution is 14.0. The summed E-state index contributed by atoms with van der Waals surface area (Å²) in [7, 11) is -3.48. The van der Waals surface area contributed by atoms with E-state index in [1.165, 1.54) is 27.8 Å². The van der Waals surface area contributed by atoms with Crippen LogP contribution in [0.1, 0.15) is 17.4 Å². The molecule has 1 aliphatic heterocycles. The lowest BCUT2D eigenvalue weighted by molar-refractivity contribution is 0.0731. The Hall–Kier alpha value is -1.28. The third-order valence-corrected chi connectivity index (χ3v) is 7.74. The van der Waals surface area contributed by atoms with Crippen molar-refractivity contribution in [2.24, 2.45) is 4.99 Å². The van der Waals surface area contributed by atoms with Crippen molar-refractivity contribution in [3.8, 4) is 0 Å². The van der Waals surface area contributed by atoms with Crippen molar-refractivity contribution >= 4 is 51.3 Å². The van der Waals surface area contributed by atoms with E-state index in [0.29, 0.717) is 56.1 Å². The van der Waals surface area contributed by atoms with Crippen LogP contribution in [0.2, 0.25) is 0 Å². The van der Waals surface area contributed by atoms with Gasteiger partial charge in [-0.15, -0.1) is 35.3 Å². The molecule has 1 aromatic heterocycles. The van der Waals surface area contributed by atoms with E-state index in [4.69, 9.17) is 4.74 Å². The van der Waals surface area contributed by atoms with Gasteiger partial charge >= 0.3 is 0 Å². The number of halogens is 2. The largest absolute Gasteiger partial charge is 0.379 e. The summed E-state index contributed by atoms with van der Waals surface area (Å²) >= 11 is 1.24. The number of aliphatic imine (C=N–C) groups is 1. The lowest BCUT2D eigenvalue weighted by Crippen LogP contribution is -2.40. The quantitative estimate of drug-likeness (QED) is 0.305. The average molecular weight is 568 g/mol. The molecule has 0 aliphatic carbocycles. The molecule has 166 valence electrons. The van der Waals surface area contributed by atoms with Crippen molar-refractivity contribution in [2.45, 2.75) is 24.2 Å². The molecule has 2 N–H and O–H groups in total. The van der Waals surface area contributed by atoms with E-state index in [1.54, 1.807) is 18.2 Å². The Balaban J connectivity index is 0.00000320. The summed E-state index contributed by atoms with van der Waals surface area (Å²) in [5.74, 6) is 0.297. The molecule has 1 aliphatic rings. The Kier molecular flexibility index (Phi) is 9.94. The summed E-state index contributed by atoms with van der Waals surface area (Å²) in [6.07, 6.45) is 0.